The van der Waals surface area contributed by atoms with Gasteiger partial charge in [-0.15, -0.1) is 0 Å². The lowest BCUT2D eigenvalue weighted by molar-refractivity contribution is -0.167. The van der Waals surface area contributed by atoms with Crippen LogP contribution in [0.25, 0.3) is 11.0 Å². The zero-order chi connectivity index (χ0) is 24.9. The second-order valence-electron chi connectivity index (χ2n) is 10.9. The van der Waals surface area contributed by atoms with Crippen molar-refractivity contribution in [2.45, 2.75) is 64.5 Å². The molecule has 188 valence electrons. The Bertz CT molecular complexity index is 1310. The van der Waals surface area contributed by atoms with Gasteiger partial charge in [0.05, 0.1) is 12.0 Å². The molecule has 7 rings (SSSR count). The number of fused-ring (bicyclic) bond motifs is 6. The van der Waals surface area contributed by atoms with E-state index >= 15 is 0 Å². The van der Waals surface area contributed by atoms with Gasteiger partial charge in [0, 0.05) is 41.8 Å². The number of hydrogen-bond donors (Lipinski definition) is 1. The lowest BCUT2D eigenvalue weighted by Gasteiger charge is -2.51. The van der Waals surface area contributed by atoms with Crippen LogP contribution < -0.4 is 5.90 Å². The number of amides is 1. The number of benzene rings is 1. The number of rotatable bonds is 5. The van der Waals surface area contributed by atoms with Gasteiger partial charge in [0.2, 0.25) is 5.91 Å². The van der Waals surface area contributed by atoms with E-state index in [9.17, 15) is 9.59 Å². The molecule has 0 unspecified atom stereocenters. The second-order valence-corrected chi connectivity index (χ2v) is 11.4. The molecule has 3 saturated carbocycles. The zero-order valence-corrected chi connectivity index (χ0v) is 21.1. The van der Waals surface area contributed by atoms with E-state index in [-0.39, 0.29) is 17.3 Å². The van der Waals surface area contributed by atoms with Crippen molar-refractivity contribution in [3.05, 3.63) is 64.4 Å². The molecule has 3 aliphatic carbocycles. The molecule has 0 spiro atoms. The minimum atomic E-state index is -0.435. The third kappa shape index (κ3) is 3.89. The fourth-order valence-electron chi connectivity index (χ4n) is 6.81. The van der Waals surface area contributed by atoms with Gasteiger partial charge in [-0.1, -0.05) is 23.7 Å². The van der Waals surface area contributed by atoms with Gasteiger partial charge in [-0.25, -0.2) is 9.78 Å². The monoisotopic (exact) mass is 506 g/mol. The van der Waals surface area contributed by atoms with Gasteiger partial charge >= 0.3 is 5.97 Å². The Labute approximate surface area is 215 Å². The Morgan fingerprint density at radius 3 is 2.47 bits per heavy atom. The second kappa shape index (κ2) is 8.89. The smallest absolute Gasteiger partial charge is 0.330 e. The molecule has 0 saturated heterocycles. The number of nitrogens with zero attached hydrogens (tertiary/aromatic N) is 3. The maximum atomic E-state index is 13.6. The molecule has 8 heteroatoms. The van der Waals surface area contributed by atoms with Crippen LogP contribution in [0.5, 0.6) is 0 Å². The molecule has 3 fully saturated rings. The third-order valence-corrected chi connectivity index (χ3v) is 9.34. The van der Waals surface area contributed by atoms with Crippen LogP contribution in [0.1, 0.15) is 61.8 Å². The molecule has 1 amide bonds. The molecule has 3 heterocycles. The predicted molar refractivity (Wildman–Crippen MR) is 137 cm³/mol. The van der Waals surface area contributed by atoms with E-state index in [0.29, 0.717) is 19.5 Å². The number of carbonyl (C=O) groups excluding carboxylic acids is 2. The van der Waals surface area contributed by atoms with Crippen LogP contribution >= 0.6 is 11.6 Å². The summed E-state index contributed by atoms with van der Waals surface area (Å²) >= 11 is 6.10. The Hall–Kier alpha value is -2.90. The highest BCUT2D eigenvalue weighted by Gasteiger charge is 2.54. The van der Waals surface area contributed by atoms with Crippen LogP contribution in [0.2, 0.25) is 5.02 Å². The first kappa shape index (κ1) is 23.5. The lowest BCUT2D eigenvalue weighted by atomic mass is 9.52. The van der Waals surface area contributed by atoms with E-state index in [1.165, 1.54) is 16.6 Å². The van der Waals surface area contributed by atoms with E-state index in [1.807, 2.05) is 41.4 Å². The van der Waals surface area contributed by atoms with Gasteiger partial charge in [-0.2, -0.15) is 5.90 Å². The number of pyridine rings is 1. The maximum Gasteiger partial charge on any atom is 0.330 e. The van der Waals surface area contributed by atoms with Gasteiger partial charge in [-0.3, -0.25) is 4.79 Å². The van der Waals surface area contributed by atoms with E-state index in [0.717, 1.165) is 67.7 Å². The van der Waals surface area contributed by atoms with E-state index in [4.69, 9.17) is 22.5 Å². The Morgan fingerprint density at radius 1 is 1.06 bits per heavy atom. The first-order valence-corrected chi connectivity index (χ1v) is 13.2. The summed E-state index contributed by atoms with van der Waals surface area (Å²) in [4.78, 5) is 37.2. The van der Waals surface area contributed by atoms with Gasteiger partial charge in [0.25, 0.3) is 0 Å². The van der Waals surface area contributed by atoms with Gasteiger partial charge < -0.3 is 14.3 Å². The fraction of sp³-hybridized carbons (Fsp3) is 0.464. The number of nitrogens with two attached hydrogens (primary N) is 1. The number of aromatic nitrogens is 2. The predicted octanol–water partition coefficient (Wildman–Crippen LogP) is 4.77. The molecule has 2 aromatic heterocycles. The fourth-order valence-corrected chi connectivity index (χ4v) is 6.93. The average Bonchev–Trinajstić information content (AvgIpc) is 3.23. The molecule has 0 atom stereocenters. The first-order valence-electron chi connectivity index (χ1n) is 12.8. The zero-order valence-electron chi connectivity index (χ0n) is 20.3. The van der Waals surface area contributed by atoms with Gasteiger partial charge in [-0.05, 0) is 85.8 Å². The number of carbonyl (C=O) groups is 2. The van der Waals surface area contributed by atoms with Crippen molar-refractivity contribution in [2.24, 2.45) is 16.7 Å². The summed E-state index contributed by atoms with van der Waals surface area (Å²) in [5.41, 5.74) is 4.15. The highest BCUT2D eigenvalue weighted by molar-refractivity contribution is 6.30. The molecule has 2 N–H and O–H groups in total. The molecule has 1 aromatic carbocycles. The maximum absolute atomic E-state index is 13.6. The van der Waals surface area contributed by atoms with Crippen LogP contribution in [-0.4, -0.2) is 32.9 Å². The molecular formula is C28H31ClN4O3. The van der Waals surface area contributed by atoms with Crippen molar-refractivity contribution < 1.29 is 14.4 Å². The van der Waals surface area contributed by atoms with Crippen LogP contribution in [0.4, 0.5) is 0 Å². The molecule has 0 radical (unpaired) electrons. The van der Waals surface area contributed by atoms with Crippen molar-refractivity contribution in [3.63, 3.8) is 0 Å². The third-order valence-electron chi connectivity index (χ3n) is 9.09. The number of halogens is 1. The minimum Gasteiger partial charge on any atom is -0.373 e. The minimum absolute atomic E-state index is 0.00837. The summed E-state index contributed by atoms with van der Waals surface area (Å²) in [6.45, 7) is 2.00. The van der Waals surface area contributed by atoms with Crippen molar-refractivity contribution in [2.75, 3.05) is 6.54 Å². The Balaban J connectivity index is 1.23. The molecule has 4 aliphatic rings. The summed E-state index contributed by atoms with van der Waals surface area (Å²) in [6, 6.07) is 12.0. The Morgan fingerprint density at radius 2 is 1.78 bits per heavy atom. The molecule has 2 bridgehead atoms. The summed E-state index contributed by atoms with van der Waals surface area (Å²) < 4.78 is 2.26. The molecular weight excluding hydrogens is 476 g/mol. The Kier molecular flexibility index (Phi) is 5.80. The van der Waals surface area contributed by atoms with Crippen molar-refractivity contribution in [1.82, 2.24) is 14.5 Å². The van der Waals surface area contributed by atoms with Crippen LogP contribution in [-0.2, 0) is 33.9 Å². The largest absolute Gasteiger partial charge is 0.373 e. The number of hydrogen-bond acceptors (Lipinski definition) is 5. The summed E-state index contributed by atoms with van der Waals surface area (Å²) in [5.74, 6) is 5.13. The van der Waals surface area contributed by atoms with Gasteiger partial charge in [0.15, 0.2) is 0 Å². The molecule has 3 aromatic rings. The molecule has 7 nitrogen and oxygen atoms in total. The van der Waals surface area contributed by atoms with Crippen molar-refractivity contribution >= 4 is 34.5 Å². The standard InChI is InChI=1S/C28H31ClN4O3/c29-20-5-3-19(4-6-20)17-33-23-18-32(15-7-21(23)22-2-1-14-31-25(22)33)24(34)16-27-8-11-28(12-9-27,13-10-27)26(35)36-30/h1-6,14H,7-13,15-18,30H2. The summed E-state index contributed by atoms with van der Waals surface area (Å²) in [5, 5.41) is 1.89. The molecule has 1 aliphatic heterocycles. The highest BCUT2D eigenvalue weighted by atomic mass is 35.5. The van der Waals surface area contributed by atoms with Crippen molar-refractivity contribution in [3.8, 4) is 0 Å². The summed E-state index contributed by atoms with van der Waals surface area (Å²) in [6.07, 6.45) is 8.15. The van der Waals surface area contributed by atoms with Crippen LogP contribution in [0, 0.1) is 10.8 Å². The van der Waals surface area contributed by atoms with Crippen molar-refractivity contribution in [1.29, 1.82) is 0 Å². The van der Waals surface area contributed by atoms with E-state index in [1.54, 1.807) is 0 Å². The first-order chi connectivity index (χ1) is 17.4. The quantitative estimate of drug-likeness (QED) is 0.503. The SMILES string of the molecule is NOC(=O)C12CCC(CC(=O)N3CCc4c(n(Cc5ccc(Cl)cc5)c5ncccc45)C3)(CC1)CC2. The van der Waals surface area contributed by atoms with E-state index < -0.39 is 5.41 Å². The van der Waals surface area contributed by atoms with Gasteiger partial charge in [0.1, 0.15) is 5.65 Å². The topological polar surface area (TPSA) is 90.5 Å². The van der Waals surface area contributed by atoms with Crippen LogP contribution in [0.15, 0.2) is 42.6 Å². The normalized spacial score (nSPS) is 25.1. The lowest BCUT2D eigenvalue weighted by Crippen LogP contribution is -2.49. The summed E-state index contributed by atoms with van der Waals surface area (Å²) in [7, 11) is 0. The molecule has 36 heavy (non-hydrogen) atoms. The average molecular weight is 507 g/mol. The van der Waals surface area contributed by atoms with E-state index in [2.05, 4.69) is 15.5 Å². The highest BCUT2D eigenvalue weighted by Crippen LogP contribution is 2.58. The van der Waals surface area contributed by atoms with Crippen LogP contribution in [0.3, 0.4) is 0 Å².